The number of rotatable bonds is 4. The molecule has 2 heterocycles. The van der Waals surface area contributed by atoms with Crippen molar-refractivity contribution in [2.75, 3.05) is 16.8 Å². The van der Waals surface area contributed by atoms with Crippen LogP contribution in [-0.2, 0) is 20.6 Å². The third-order valence-corrected chi connectivity index (χ3v) is 5.15. The zero-order chi connectivity index (χ0) is 23.2. The Morgan fingerprint density at radius 3 is 2.44 bits per heavy atom. The first-order valence-corrected chi connectivity index (χ1v) is 9.41. The lowest BCUT2D eigenvalue weighted by atomic mass is 10.1. The van der Waals surface area contributed by atoms with Crippen LogP contribution in [-0.4, -0.2) is 41.4 Å². The summed E-state index contributed by atoms with van der Waals surface area (Å²) in [5, 5.41) is 10.5. The van der Waals surface area contributed by atoms with Crippen molar-refractivity contribution in [1.29, 1.82) is 0 Å². The molecule has 1 fully saturated rings. The molecule has 1 N–H and O–H groups in total. The Balaban J connectivity index is 1.49. The van der Waals surface area contributed by atoms with Gasteiger partial charge in [0.05, 0.1) is 22.0 Å². The number of hydrogen-bond donors (Lipinski definition) is 1. The molecule has 2 aromatic carbocycles. The van der Waals surface area contributed by atoms with Gasteiger partial charge in [-0.15, -0.1) is 0 Å². The van der Waals surface area contributed by atoms with Crippen LogP contribution in [0.25, 0.3) is 0 Å². The van der Waals surface area contributed by atoms with Gasteiger partial charge in [-0.3, -0.25) is 19.4 Å². The number of hydrogen-bond acceptors (Lipinski definition) is 6. The first-order chi connectivity index (χ1) is 15.1. The predicted molar refractivity (Wildman–Crippen MR) is 103 cm³/mol. The fourth-order valence-electron chi connectivity index (χ4n) is 3.33. The normalized spacial score (nSPS) is 20.2. The number of amides is 3. The van der Waals surface area contributed by atoms with Crippen LogP contribution < -0.4 is 10.2 Å². The minimum Gasteiger partial charge on any atom is -0.323 e. The molecule has 0 spiro atoms. The average molecular weight is 470 g/mol. The molecule has 0 aliphatic carbocycles. The van der Waals surface area contributed by atoms with Gasteiger partial charge in [-0.25, -0.2) is 9.29 Å². The van der Waals surface area contributed by atoms with Crippen LogP contribution in [0.4, 0.5) is 28.9 Å². The van der Waals surface area contributed by atoms with Gasteiger partial charge in [0, 0.05) is 0 Å². The lowest BCUT2D eigenvalue weighted by Crippen LogP contribution is -2.43. The average Bonchev–Trinajstić information content (AvgIpc) is 3.23. The molecule has 2 aromatic rings. The van der Waals surface area contributed by atoms with E-state index >= 15 is 0 Å². The van der Waals surface area contributed by atoms with Crippen molar-refractivity contribution in [2.45, 2.75) is 18.3 Å². The number of benzene rings is 2. The Hall–Kier alpha value is -3.54. The van der Waals surface area contributed by atoms with E-state index in [4.69, 9.17) is 11.6 Å². The molecule has 0 bridgehead atoms. The molecule has 1 saturated heterocycles. The van der Waals surface area contributed by atoms with E-state index in [0.717, 1.165) is 34.2 Å². The highest BCUT2D eigenvalue weighted by Gasteiger charge is 2.55. The Labute approximate surface area is 182 Å². The summed E-state index contributed by atoms with van der Waals surface area (Å²) in [6.07, 6.45) is -4.64. The van der Waals surface area contributed by atoms with Gasteiger partial charge in [-0.05, 0) is 42.5 Å². The number of anilines is 2. The molecule has 3 amide bonds. The minimum atomic E-state index is -4.64. The second-order valence-electron chi connectivity index (χ2n) is 6.92. The standard InChI is InChI=1S/C19H12ClF4N5O3/c20-12-6-1-9(19(22,23)24)7-13(12)25-14(30)8-28-16-15(26-27-28)17(31)29(18(16)32)11-4-2-10(21)3-5-11/h1-7,15-16H,8H2,(H,25,30)/t15-,16-/m0/s1. The molecule has 8 nitrogen and oxygen atoms in total. The number of carbonyl (C=O) groups excluding carboxylic acids is 3. The van der Waals surface area contributed by atoms with E-state index in [2.05, 4.69) is 15.7 Å². The highest BCUT2D eigenvalue weighted by atomic mass is 35.5. The summed E-state index contributed by atoms with van der Waals surface area (Å²) in [5.74, 6) is -2.80. The zero-order valence-electron chi connectivity index (χ0n) is 15.8. The molecule has 32 heavy (non-hydrogen) atoms. The first-order valence-electron chi connectivity index (χ1n) is 9.03. The molecule has 2 atom stereocenters. The molecule has 13 heteroatoms. The number of halogens is 5. The number of nitrogens with zero attached hydrogens (tertiary/aromatic N) is 4. The van der Waals surface area contributed by atoms with E-state index in [1.807, 2.05) is 0 Å². The van der Waals surface area contributed by atoms with Crippen LogP contribution >= 0.6 is 11.6 Å². The van der Waals surface area contributed by atoms with Crippen LogP contribution in [0.5, 0.6) is 0 Å². The van der Waals surface area contributed by atoms with Crippen LogP contribution in [0.1, 0.15) is 5.56 Å². The van der Waals surface area contributed by atoms with Gasteiger partial charge in [0.25, 0.3) is 11.8 Å². The van der Waals surface area contributed by atoms with E-state index < -0.39 is 53.9 Å². The molecule has 2 aliphatic rings. The summed E-state index contributed by atoms with van der Waals surface area (Å²) < 4.78 is 51.9. The Kier molecular flexibility index (Phi) is 5.33. The van der Waals surface area contributed by atoms with Crippen molar-refractivity contribution in [1.82, 2.24) is 5.01 Å². The molecule has 0 unspecified atom stereocenters. The lowest BCUT2D eigenvalue weighted by molar-refractivity contribution is -0.137. The number of alkyl halides is 3. The van der Waals surface area contributed by atoms with E-state index in [-0.39, 0.29) is 16.4 Å². The van der Waals surface area contributed by atoms with Crippen molar-refractivity contribution in [3.05, 3.63) is 58.9 Å². The third kappa shape index (κ3) is 3.88. The highest BCUT2D eigenvalue weighted by molar-refractivity contribution is 6.33. The zero-order valence-corrected chi connectivity index (χ0v) is 16.6. The summed E-state index contributed by atoms with van der Waals surface area (Å²) >= 11 is 5.87. The summed E-state index contributed by atoms with van der Waals surface area (Å²) in [5.41, 5.74) is -1.16. The maximum atomic E-state index is 13.2. The number of nitrogens with one attached hydrogen (secondary N) is 1. The number of imide groups is 1. The van der Waals surface area contributed by atoms with Gasteiger partial charge in [0.1, 0.15) is 12.4 Å². The van der Waals surface area contributed by atoms with Gasteiger partial charge in [-0.2, -0.15) is 18.3 Å². The maximum Gasteiger partial charge on any atom is 0.416 e. The molecule has 2 aliphatic heterocycles. The number of carbonyl (C=O) groups is 3. The highest BCUT2D eigenvalue weighted by Crippen LogP contribution is 2.34. The van der Waals surface area contributed by atoms with Gasteiger partial charge >= 0.3 is 6.18 Å². The van der Waals surface area contributed by atoms with Crippen molar-refractivity contribution in [3.63, 3.8) is 0 Å². The maximum absolute atomic E-state index is 13.2. The van der Waals surface area contributed by atoms with E-state index in [0.29, 0.717) is 6.07 Å². The Bertz CT molecular complexity index is 1140. The summed E-state index contributed by atoms with van der Waals surface area (Å²) in [4.78, 5) is 38.6. The van der Waals surface area contributed by atoms with Crippen molar-refractivity contribution >= 4 is 40.7 Å². The topological polar surface area (TPSA) is 94.4 Å². The molecule has 0 radical (unpaired) electrons. The molecular weight excluding hydrogens is 458 g/mol. The summed E-state index contributed by atoms with van der Waals surface area (Å²) in [6, 6.07) is 4.68. The van der Waals surface area contributed by atoms with Gasteiger partial charge in [0.2, 0.25) is 5.91 Å². The van der Waals surface area contributed by atoms with Crippen LogP contribution in [0.3, 0.4) is 0 Å². The second-order valence-corrected chi connectivity index (χ2v) is 7.33. The first kappa shape index (κ1) is 21.7. The van der Waals surface area contributed by atoms with Crippen LogP contribution in [0, 0.1) is 5.82 Å². The van der Waals surface area contributed by atoms with Gasteiger partial charge < -0.3 is 5.32 Å². The Morgan fingerprint density at radius 2 is 1.78 bits per heavy atom. The van der Waals surface area contributed by atoms with Gasteiger partial charge in [0.15, 0.2) is 12.1 Å². The third-order valence-electron chi connectivity index (χ3n) is 4.82. The monoisotopic (exact) mass is 469 g/mol. The van der Waals surface area contributed by atoms with Crippen molar-refractivity contribution in [3.8, 4) is 0 Å². The van der Waals surface area contributed by atoms with Gasteiger partial charge in [-0.1, -0.05) is 16.8 Å². The molecular formula is C19H12ClF4N5O3. The summed E-state index contributed by atoms with van der Waals surface area (Å²) in [7, 11) is 0. The van der Waals surface area contributed by atoms with E-state index in [1.165, 1.54) is 12.1 Å². The molecule has 0 aromatic heterocycles. The quantitative estimate of drug-likeness (QED) is 0.548. The molecule has 166 valence electrons. The van der Waals surface area contributed by atoms with Crippen LogP contribution in [0.15, 0.2) is 52.8 Å². The smallest absolute Gasteiger partial charge is 0.323 e. The minimum absolute atomic E-state index is 0.123. The summed E-state index contributed by atoms with van der Waals surface area (Å²) in [6.45, 7) is -0.576. The van der Waals surface area contributed by atoms with Crippen molar-refractivity contribution in [2.24, 2.45) is 10.3 Å². The number of fused-ring (bicyclic) bond motifs is 1. The molecule has 4 rings (SSSR count). The van der Waals surface area contributed by atoms with Crippen LogP contribution in [0.2, 0.25) is 5.02 Å². The predicted octanol–water partition coefficient (Wildman–Crippen LogP) is 3.43. The molecule has 0 saturated carbocycles. The van der Waals surface area contributed by atoms with Crippen molar-refractivity contribution < 1.29 is 31.9 Å². The lowest BCUT2D eigenvalue weighted by Gasteiger charge is -2.20. The fourth-order valence-corrected chi connectivity index (χ4v) is 3.50. The van der Waals surface area contributed by atoms with E-state index in [1.54, 1.807) is 0 Å². The fraction of sp³-hybridized carbons (Fsp3) is 0.211. The Morgan fingerprint density at radius 1 is 1.09 bits per heavy atom. The second kappa shape index (κ2) is 7.86. The van der Waals surface area contributed by atoms with E-state index in [9.17, 15) is 31.9 Å². The SMILES string of the molecule is O=C(CN1N=N[C@@H]2C(=O)N(c3ccc(F)cc3)C(=O)[C@H]21)Nc1cc(C(F)(F)F)ccc1Cl. The largest absolute Gasteiger partial charge is 0.416 e.